The van der Waals surface area contributed by atoms with E-state index in [1.807, 2.05) is 30.3 Å². The number of hydrogen-bond acceptors (Lipinski definition) is 7. The summed E-state index contributed by atoms with van der Waals surface area (Å²) >= 11 is 0. The molecule has 8 heteroatoms. The standard InChI is InChI=1S/C22H24NO6P/c1-3-27-30(25,28-4-2)29-16-20(24)18-12-13-21(22-19(18)11-8-14-23-22)26-15-17-9-6-5-7-10-17/h5-14H,3-4,15-16H2,1-2H3. The SMILES string of the molecule is CCOP(=O)(OCC)OCC(=O)c1ccc(OCc2ccccc2)c2ncccc12. The van der Waals surface area contributed by atoms with Crippen LogP contribution in [0.4, 0.5) is 0 Å². The number of aromatic nitrogens is 1. The molecule has 0 radical (unpaired) electrons. The lowest BCUT2D eigenvalue weighted by atomic mass is 10.0. The number of Topliss-reactive ketones (excluding diaryl/α,β-unsaturated/α-hetero) is 1. The number of fused-ring (bicyclic) bond motifs is 1. The van der Waals surface area contributed by atoms with Gasteiger partial charge in [0.25, 0.3) is 0 Å². The largest absolute Gasteiger partial charge is 0.487 e. The Hall–Kier alpha value is -2.57. The van der Waals surface area contributed by atoms with Crippen LogP contribution in [-0.4, -0.2) is 30.6 Å². The zero-order valence-corrected chi connectivity index (χ0v) is 17.8. The summed E-state index contributed by atoms with van der Waals surface area (Å²) in [5, 5.41) is 0.624. The van der Waals surface area contributed by atoms with Crippen LogP contribution in [0.1, 0.15) is 29.8 Å². The minimum Gasteiger partial charge on any atom is -0.487 e. The van der Waals surface area contributed by atoms with Gasteiger partial charge in [0.2, 0.25) is 0 Å². The van der Waals surface area contributed by atoms with E-state index in [-0.39, 0.29) is 19.0 Å². The molecule has 158 valence electrons. The number of carbonyl (C=O) groups is 1. The van der Waals surface area contributed by atoms with E-state index in [2.05, 4.69) is 4.98 Å². The normalized spacial score (nSPS) is 11.5. The van der Waals surface area contributed by atoms with Crippen LogP contribution in [0.5, 0.6) is 5.75 Å². The zero-order chi connectivity index (χ0) is 21.4. The van der Waals surface area contributed by atoms with E-state index in [9.17, 15) is 9.36 Å². The topological polar surface area (TPSA) is 84.0 Å². The van der Waals surface area contributed by atoms with Crippen LogP contribution in [0.3, 0.4) is 0 Å². The highest BCUT2D eigenvalue weighted by Crippen LogP contribution is 2.49. The molecule has 0 saturated heterocycles. The van der Waals surface area contributed by atoms with Crippen molar-refractivity contribution in [2.75, 3.05) is 19.8 Å². The summed E-state index contributed by atoms with van der Waals surface area (Å²) in [5.74, 6) is 0.212. The molecule has 0 atom stereocenters. The molecule has 0 bridgehead atoms. The lowest BCUT2D eigenvalue weighted by Crippen LogP contribution is -2.11. The molecule has 0 spiro atoms. The monoisotopic (exact) mass is 429 g/mol. The van der Waals surface area contributed by atoms with Gasteiger partial charge in [-0.3, -0.25) is 23.3 Å². The number of phosphoric ester groups is 1. The Balaban J connectivity index is 1.79. The predicted octanol–water partition coefficient (Wildman–Crippen LogP) is 5.19. The van der Waals surface area contributed by atoms with Crippen molar-refractivity contribution in [2.45, 2.75) is 20.5 Å². The third-order valence-corrected chi connectivity index (χ3v) is 5.79. The van der Waals surface area contributed by atoms with E-state index in [1.165, 1.54) is 0 Å². The third-order valence-electron chi connectivity index (χ3n) is 4.20. The predicted molar refractivity (Wildman–Crippen MR) is 114 cm³/mol. The molecule has 0 fully saturated rings. The Bertz CT molecular complexity index is 1030. The maximum Gasteiger partial charge on any atom is 0.475 e. The van der Waals surface area contributed by atoms with Gasteiger partial charge in [0.1, 0.15) is 24.5 Å². The fraction of sp³-hybridized carbons (Fsp3) is 0.273. The second kappa shape index (κ2) is 10.5. The van der Waals surface area contributed by atoms with Gasteiger partial charge in [0.15, 0.2) is 5.78 Å². The van der Waals surface area contributed by atoms with Gasteiger partial charge in [-0.15, -0.1) is 0 Å². The van der Waals surface area contributed by atoms with Gasteiger partial charge in [-0.05, 0) is 37.6 Å². The van der Waals surface area contributed by atoms with Crippen LogP contribution in [0.15, 0.2) is 60.8 Å². The summed E-state index contributed by atoms with van der Waals surface area (Å²) in [6.45, 7) is 3.58. The first-order valence-electron chi connectivity index (χ1n) is 9.67. The minimum atomic E-state index is -3.77. The Kier molecular flexibility index (Phi) is 7.71. The molecule has 0 N–H and O–H groups in total. The number of pyridine rings is 1. The number of benzene rings is 2. The van der Waals surface area contributed by atoms with E-state index >= 15 is 0 Å². The van der Waals surface area contributed by atoms with Crippen molar-refractivity contribution >= 4 is 24.5 Å². The first kappa shape index (κ1) is 22.1. The fourth-order valence-corrected chi connectivity index (χ4v) is 4.02. The van der Waals surface area contributed by atoms with Crippen molar-refractivity contribution < 1.29 is 27.7 Å². The van der Waals surface area contributed by atoms with Gasteiger partial charge in [-0.25, -0.2) is 4.57 Å². The van der Waals surface area contributed by atoms with E-state index in [0.29, 0.717) is 28.8 Å². The summed E-state index contributed by atoms with van der Waals surface area (Å²) in [6.07, 6.45) is 1.64. The molecule has 7 nitrogen and oxygen atoms in total. The summed E-state index contributed by atoms with van der Waals surface area (Å²) in [5.41, 5.74) is 1.99. The van der Waals surface area contributed by atoms with Crippen LogP contribution >= 0.6 is 7.82 Å². The molecule has 3 aromatic rings. The highest BCUT2D eigenvalue weighted by Gasteiger charge is 2.27. The summed E-state index contributed by atoms with van der Waals surface area (Å²) < 4.78 is 33.7. The molecule has 1 aromatic heterocycles. The lowest BCUT2D eigenvalue weighted by molar-refractivity contribution is 0.0817. The number of hydrogen-bond donors (Lipinski definition) is 0. The van der Waals surface area contributed by atoms with Crippen LogP contribution in [-0.2, 0) is 24.7 Å². The maximum absolute atomic E-state index is 12.8. The average Bonchev–Trinajstić information content (AvgIpc) is 2.77. The summed E-state index contributed by atoms with van der Waals surface area (Å²) in [6, 6.07) is 16.7. The maximum atomic E-state index is 12.8. The number of ketones is 1. The second-order valence-electron chi connectivity index (χ2n) is 6.26. The van der Waals surface area contributed by atoms with Crippen molar-refractivity contribution in [3.05, 3.63) is 71.9 Å². The fourth-order valence-electron chi connectivity index (χ4n) is 2.89. The van der Waals surface area contributed by atoms with Gasteiger partial charge in [0, 0.05) is 17.1 Å². The summed E-state index contributed by atoms with van der Waals surface area (Å²) in [4.78, 5) is 17.2. The van der Waals surface area contributed by atoms with Crippen molar-refractivity contribution in [2.24, 2.45) is 0 Å². The van der Waals surface area contributed by atoms with Gasteiger partial charge in [-0.1, -0.05) is 36.4 Å². The van der Waals surface area contributed by atoms with E-state index in [0.717, 1.165) is 5.56 Å². The molecule has 0 aliphatic heterocycles. The first-order valence-corrected chi connectivity index (χ1v) is 11.1. The lowest BCUT2D eigenvalue weighted by Gasteiger charge is -2.16. The third kappa shape index (κ3) is 5.52. The molecule has 0 unspecified atom stereocenters. The summed E-state index contributed by atoms with van der Waals surface area (Å²) in [7, 11) is -3.77. The Morgan fingerprint density at radius 3 is 2.37 bits per heavy atom. The average molecular weight is 429 g/mol. The van der Waals surface area contributed by atoms with E-state index < -0.39 is 14.4 Å². The van der Waals surface area contributed by atoms with Crippen molar-refractivity contribution in [3.63, 3.8) is 0 Å². The smallest absolute Gasteiger partial charge is 0.475 e. The van der Waals surface area contributed by atoms with Crippen LogP contribution in [0.25, 0.3) is 10.9 Å². The van der Waals surface area contributed by atoms with E-state index in [1.54, 1.807) is 44.3 Å². The molecule has 30 heavy (non-hydrogen) atoms. The Morgan fingerprint density at radius 1 is 0.933 bits per heavy atom. The van der Waals surface area contributed by atoms with E-state index in [4.69, 9.17) is 18.3 Å². The molecule has 0 amide bonds. The molecule has 0 aliphatic carbocycles. The van der Waals surface area contributed by atoms with Gasteiger partial charge >= 0.3 is 7.82 Å². The molecular formula is C22H24NO6P. The van der Waals surface area contributed by atoms with Gasteiger partial charge in [0.05, 0.1) is 13.2 Å². The van der Waals surface area contributed by atoms with Crippen LogP contribution in [0.2, 0.25) is 0 Å². The van der Waals surface area contributed by atoms with Gasteiger partial charge < -0.3 is 4.74 Å². The number of carbonyl (C=O) groups excluding carboxylic acids is 1. The minimum absolute atomic E-state index is 0.145. The molecule has 3 rings (SSSR count). The highest BCUT2D eigenvalue weighted by atomic mass is 31.2. The first-order chi connectivity index (χ1) is 14.6. The molecular weight excluding hydrogens is 405 g/mol. The van der Waals surface area contributed by atoms with Gasteiger partial charge in [-0.2, -0.15) is 0 Å². The number of phosphoric acid groups is 1. The molecule has 0 saturated carbocycles. The van der Waals surface area contributed by atoms with Crippen molar-refractivity contribution in [1.29, 1.82) is 0 Å². The molecule has 2 aromatic carbocycles. The van der Waals surface area contributed by atoms with Crippen molar-refractivity contribution in [1.82, 2.24) is 4.98 Å². The van der Waals surface area contributed by atoms with Crippen LogP contribution < -0.4 is 4.74 Å². The van der Waals surface area contributed by atoms with Crippen LogP contribution in [0, 0.1) is 0 Å². The number of rotatable bonds is 11. The van der Waals surface area contributed by atoms with Crippen molar-refractivity contribution in [3.8, 4) is 5.75 Å². The second-order valence-corrected chi connectivity index (χ2v) is 7.93. The number of ether oxygens (including phenoxy) is 1. The zero-order valence-electron chi connectivity index (χ0n) is 16.9. The molecule has 0 aliphatic rings. The molecule has 1 heterocycles. The Morgan fingerprint density at radius 2 is 1.67 bits per heavy atom. The Labute approximate surface area is 175 Å². The highest BCUT2D eigenvalue weighted by molar-refractivity contribution is 7.48. The quantitative estimate of drug-likeness (QED) is 0.306. The number of nitrogens with zero attached hydrogens (tertiary/aromatic N) is 1.